The fraction of sp³-hybridized carbons (Fsp3) is 0.857. The number of rotatable bonds is 0. The van der Waals surface area contributed by atoms with Gasteiger partial charge in [-0.25, -0.2) is 0 Å². The van der Waals surface area contributed by atoms with Crippen LogP contribution in [0.15, 0.2) is 0 Å². The highest BCUT2D eigenvalue weighted by atomic mass is 32.2. The molecular formula is C7H11NO4S. The third-order valence-electron chi connectivity index (χ3n) is 2.43. The first-order valence-electron chi connectivity index (χ1n) is 4.06. The molecule has 0 aliphatic carbocycles. The molecule has 5 nitrogen and oxygen atoms in total. The molecule has 0 spiro atoms. The fourth-order valence-corrected chi connectivity index (χ4v) is 2.89. The van der Waals surface area contributed by atoms with Gasteiger partial charge in [0.2, 0.25) is 5.91 Å². The zero-order chi connectivity index (χ0) is 9.59. The Labute approximate surface area is 79.3 Å². The molecule has 6 heteroatoms. The minimum absolute atomic E-state index is 0.0833. The van der Waals surface area contributed by atoms with Crippen LogP contribution in [0.1, 0.15) is 0 Å². The number of amides is 1. The molecule has 2 aliphatic heterocycles. The lowest BCUT2D eigenvalue weighted by Gasteiger charge is -2.39. The number of hydrogen-bond donors (Lipinski definition) is 3. The van der Waals surface area contributed by atoms with Crippen molar-refractivity contribution in [1.29, 1.82) is 0 Å². The predicted octanol–water partition coefficient (Wildman–Crippen LogP) is -2.02. The molecule has 2 saturated heterocycles. The number of aliphatic hydroxyl groups excluding tert-OH is 3. The molecule has 0 radical (unpaired) electrons. The van der Waals surface area contributed by atoms with E-state index in [0.717, 1.165) is 0 Å². The van der Waals surface area contributed by atoms with Gasteiger partial charge >= 0.3 is 0 Å². The quantitative estimate of drug-likeness (QED) is 0.425. The third-order valence-corrected chi connectivity index (χ3v) is 3.71. The van der Waals surface area contributed by atoms with Crippen molar-refractivity contribution in [1.82, 2.24) is 4.90 Å². The highest BCUT2D eigenvalue weighted by Gasteiger charge is 2.46. The molecule has 0 saturated carbocycles. The Balaban J connectivity index is 2.18. The van der Waals surface area contributed by atoms with Crippen molar-refractivity contribution in [2.75, 3.05) is 12.3 Å². The van der Waals surface area contributed by atoms with E-state index in [1.165, 1.54) is 16.7 Å². The fourth-order valence-electron chi connectivity index (χ4n) is 1.67. The summed E-state index contributed by atoms with van der Waals surface area (Å²) in [6, 6.07) is 0. The van der Waals surface area contributed by atoms with Crippen LogP contribution in [0.2, 0.25) is 0 Å². The minimum Gasteiger partial charge on any atom is -0.388 e. The van der Waals surface area contributed by atoms with E-state index in [9.17, 15) is 20.1 Å². The van der Waals surface area contributed by atoms with E-state index in [1.807, 2.05) is 0 Å². The average molecular weight is 205 g/mol. The molecular weight excluding hydrogens is 194 g/mol. The van der Waals surface area contributed by atoms with Crippen LogP contribution in [0.4, 0.5) is 0 Å². The Bertz CT molecular complexity index is 237. The van der Waals surface area contributed by atoms with Crippen molar-refractivity contribution in [3.05, 3.63) is 0 Å². The molecule has 4 atom stereocenters. The van der Waals surface area contributed by atoms with Gasteiger partial charge < -0.3 is 20.2 Å². The van der Waals surface area contributed by atoms with Gasteiger partial charge in [-0.3, -0.25) is 4.79 Å². The third kappa shape index (κ3) is 1.34. The SMILES string of the molecule is O=C1CS[C@H]2[C@@H](O)[C@@H](O)[C@H](O)CN12. The Morgan fingerprint density at radius 1 is 1.31 bits per heavy atom. The molecule has 74 valence electrons. The highest BCUT2D eigenvalue weighted by molar-refractivity contribution is 8.01. The van der Waals surface area contributed by atoms with Gasteiger partial charge in [-0.15, -0.1) is 11.8 Å². The van der Waals surface area contributed by atoms with E-state index in [-0.39, 0.29) is 17.8 Å². The van der Waals surface area contributed by atoms with Crippen molar-refractivity contribution < 1.29 is 20.1 Å². The number of aliphatic hydroxyl groups is 3. The molecule has 2 fully saturated rings. The second kappa shape index (κ2) is 3.13. The molecule has 0 aromatic rings. The van der Waals surface area contributed by atoms with Crippen LogP contribution >= 0.6 is 11.8 Å². The van der Waals surface area contributed by atoms with Gasteiger partial charge in [0.25, 0.3) is 0 Å². The van der Waals surface area contributed by atoms with Crippen LogP contribution in [0.3, 0.4) is 0 Å². The molecule has 0 aromatic carbocycles. The molecule has 13 heavy (non-hydrogen) atoms. The van der Waals surface area contributed by atoms with Crippen LogP contribution < -0.4 is 0 Å². The van der Waals surface area contributed by atoms with Gasteiger partial charge in [0.05, 0.1) is 12.3 Å². The second-order valence-corrected chi connectivity index (χ2v) is 4.40. The van der Waals surface area contributed by atoms with E-state index in [4.69, 9.17) is 0 Å². The summed E-state index contributed by atoms with van der Waals surface area (Å²) >= 11 is 1.30. The van der Waals surface area contributed by atoms with E-state index in [1.54, 1.807) is 0 Å². The van der Waals surface area contributed by atoms with Gasteiger partial charge in [-0.05, 0) is 0 Å². The Kier molecular flexibility index (Phi) is 2.23. The van der Waals surface area contributed by atoms with Crippen LogP contribution in [0, 0.1) is 0 Å². The van der Waals surface area contributed by atoms with Crippen LogP contribution in [0.5, 0.6) is 0 Å². The van der Waals surface area contributed by atoms with Gasteiger partial charge in [-0.2, -0.15) is 0 Å². The number of carbonyl (C=O) groups is 1. The van der Waals surface area contributed by atoms with Crippen molar-refractivity contribution in [2.45, 2.75) is 23.7 Å². The predicted molar refractivity (Wildman–Crippen MR) is 46.0 cm³/mol. The molecule has 0 unspecified atom stereocenters. The molecule has 0 aromatic heterocycles. The van der Waals surface area contributed by atoms with Crippen molar-refractivity contribution in [3.63, 3.8) is 0 Å². The lowest BCUT2D eigenvalue weighted by molar-refractivity contribution is -0.147. The number of fused-ring (bicyclic) bond motifs is 1. The molecule has 2 aliphatic rings. The van der Waals surface area contributed by atoms with E-state index in [0.29, 0.717) is 5.75 Å². The summed E-state index contributed by atoms with van der Waals surface area (Å²) in [5.74, 6) is 0.237. The second-order valence-electron chi connectivity index (χ2n) is 3.30. The molecule has 3 N–H and O–H groups in total. The number of thioether (sulfide) groups is 1. The van der Waals surface area contributed by atoms with Gasteiger partial charge in [0.1, 0.15) is 23.7 Å². The van der Waals surface area contributed by atoms with E-state index < -0.39 is 18.3 Å². The first-order valence-corrected chi connectivity index (χ1v) is 5.11. The maximum absolute atomic E-state index is 11.2. The van der Waals surface area contributed by atoms with Crippen molar-refractivity contribution in [2.24, 2.45) is 0 Å². The summed E-state index contributed by atoms with van der Waals surface area (Å²) in [4.78, 5) is 12.6. The Morgan fingerprint density at radius 2 is 2.00 bits per heavy atom. The normalized spacial score (nSPS) is 45.2. The largest absolute Gasteiger partial charge is 0.388 e. The number of carbonyl (C=O) groups excluding carboxylic acids is 1. The molecule has 2 heterocycles. The first-order chi connectivity index (χ1) is 6.11. The zero-order valence-corrected chi connectivity index (χ0v) is 7.65. The monoisotopic (exact) mass is 205 g/mol. The van der Waals surface area contributed by atoms with E-state index >= 15 is 0 Å². The zero-order valence-electron chi connectivity index (χ0n) is 6.83. The summed E-state index contributed by atoms with van der Waals surface area (Å²) in [5.41, 5.74) is 0. The van der Waals surface area contributed by atoms with E-state index in [2.05, 4.69) is 0 Å². The van der Waals surface area contributed by atoms with Gasteiger partial charge in [0, 0.05) is 0 Å². The number of nitrogens with zero attached hydrogens (tertiary/aromatic N) is 1. The lowest BCUT2D eigenvalue weighted by Crippen LogP contribution is -2.59. The highest BCUT2D eigenvalue weighted by Crippen LogP contribution is 2.32. The van der Waals surface area contributed by atoms with Crippen molar-refractivity contribution in [3.8, 4) is 0 Å². The van der Waals surface area contributed by atoms with Crippen LogP contribution in [-0.4, -0.2) is 62.1 Å². The van der Waals surface area contributed by atoms with Crippen LogP contribution in [-0.2, 0) is 4.79 Å². The standard InChI is InChI=1S/C7H11NO4S/c9-3-1-8-4(10)2-13-7(8)6(12)5(3)11/h3,5-7,9,11-12H,1-2H2/t3-,5+,6+,7+/m1/s1. The molecule has 2 rings (SSSR count). The summed E-state index contributed by atoms with van der Waals surface area (Å²) in [6.07, 6.45) is -3.21. The number of hydrogen-bond acceptors (Lipinski definition) is 5. The molecule has 0 bridgehead atoms. The summed E-state index contributed by atoms with van der Waals surface area (Å²) < 4.78 is 0. The van der Waals surface area contributed by atoms with Gasteiger partial charge in [0.15, 0.2) is 0 Å². The summed E-state index contributed by atoms with van der Waals surface area (Å²) in [5, 5.41) is 27.8. The number of piperidine rings is 1. The van der Waals surface area contributed by atoms with Crippen LogP contribution in [0.25, 0.3) is 0 Å². The molecule has 1 amide bonds. The average Bonchev–Trinajstić information content (AvgIpc) is 2.45. The minimum atomic E-state index is -1.14. The maximum Gasteiger partial charge on any atom is 0.233 e. The maximum atomic E-state index is 11.2. The summed E-state index contributed by atoms with van der Waals surface area (Å²) in [6.45, 7) is 0.120. The van der Waals surface area contributed by atoms with Crippen molar-refractivity contribution >= 4 is 17.7 Å². The topological polar surface area (TPSA) is 81.0 Å². The Hall–Kier alpha value is -0.300. The van der Waals surface area contributed by atoms with Gasteiger partial charge in [-0.1, -0.05) is 0 Å². The lowest BCUT2D eigenvalue weighted by atomic mass is 10.0. The first kappa shape index (κ1) is 9.26. The smallest absolute Gasteiger partial charge is 0.233 e. The Morgan fingerprint density at radius 3 is 2.69 bits per heavy atom. The summed E-state index contributed by atoms with van der Waals surface area (Å²) in [7, 11) is 0.